The molecule has 0 aliphatic carbocycles. The number of amides is 1. The fourth-order valence-corrected chi connectivity index (χ4v) is 1.69. The first-order valence-corrected chi connectivity index (χ1v) is 6.39. The van der Waals surface area contributed by atoms with Gasteiger partial charge in [-0.3, -0.25) is 9.89 Å². The van der Waals surface area contributed by atoms with Crippen LogP contribution in [0.5, 0.6) is 5.75 Å². The molecule has 2 aromatic rings. The van der Waals surface area contributed by atoms with Gasteiger partial charge in [0.1, 0.15) is 23.4 Å². The molecule has 106 valence electrons. The molecular weight excluding hydrogens is 261 g/mol. The second-order valence-electron chi connectivity index (χ2n) is 4.29. The number of aromatic amines is 1. The van der Waals surface area contributed by atoms with Gasteiger partial charge in [0, 0.05) is 12.3 Å². The molecule has 0 saturated heterocycles. The van der Waals surface area contributed by atoms with Crippen LogP contribution >= 0.6 is 0 Å². The number of hydrogen-bond donors (Lipinski definition) is 2. The van der Waals surface area contributed by atoms with E-state index in [9.17, 15) is 9.18 Å². The minimum atomic E-state index is -0.348. The van der Waals surface area contributed by atoms with Gasteiger partial charge in [0.25, 0.3) is 5.91 Å². The number of nitrogens with one attached hydrogen (secondary N) is 2. The van der Waals surface area contributed by atoms with Crippen LogP contribution in [0.1, 0.15) is 23.8 Å². The van der Waals surface area contributed by atoms with E-state index in [2.05, 4.69) is 15.5 Å². The van der Waals surface area contributed by atoms with Gasteiger partial charge in [0.15, 0.2) is 0 Å². The van der Waals surface area contributed by atoms with Crippen LogP contribution in [0.25, 0.3) is 0 Å². The number of hydrogen-bond acceptors (Lipinski definition) is 3. The van der Waals surface area contributed by atoms with Crippen molar-refractivity contribution in [2.24, 2.45) is 0 Å². The van der Waals surface area contributed by atoms with Crippen molar-refractivity contribution < 1.29 is 13.9 Å². The number of aromatic nitrogens is 2. The van der Waals surface area contributed by atoms with E-state index in [1.54, 1.807) is 18.2 Å². The maximum Gasteiger partial charge on any atom is 0.269 e. The standard InChI is InChI=1S/C14H16FN3O2/c1-2-11(20-12-5-3-4-10(15)8-12)9-16-14(19)13-6-7-17-18-13/h3-8,11H,2,9H2,1H3,(H,16,19)(H,17,18)/t11-/m1/s1. The van der Waals surface area contributed by atoms with Crippen molar-refractivity contribution in [3.05, 3.63) is 48.0 Å². The molecule has 0 aliphatic rings. The summed E-state index contributed by atoms with van der Waals surface area (Å²) in [5.74, 6) is -0.143. The summed E-state index contributed by atoms with van der Waals surface area (Å²) in [6, 6.07) is 7.53. The van der Waals surface area contributed by atoms with Crippen LogP contribution in [0, 0.1) is 5.82 Å². The SMILES string of the molecule is CC[C@H](CNC(=O)c1ccn[nH]1)Oc1cccc(F)c1. The lowest BCUT2D eigenvalue weighted by Gasteiger charge is -2.18. The van der Waals surface area contributed by atoms with Crippen molar-refractivity contribution in [1.29, 1.82) is 0 Å². The summed E-state index contributed by atoms with van der Waals surface area (Å²) >= 11 is 0. The molecule has 2 N–H and O–H groups in total. The van der Waals surface area contributed by atoms with Crippen LogP contribution in [-0.2, 0) is 0 Å². The number of carbonyl (C=O) groups is 1. The Morgan fingerprint density at radius 1 is 1.50 bits per heavy atom. The van der Waals surface area contributed by atoms with Crippen LogP contribution in [0.3, 0.4) is 0 Å². The third kappa shape index (κ3) is 3.81. The Morgan fingerprint density at radius 3 is 3.00 bits per heavy atom. The van der Waals surface area contributed by atoms with Gasteiger partial charge in [-0.2, -0.15) is 5.10 Å². The fourth-order valence-electron chi connectivity index (χ4n) is 1.69. The fraction of sp³-hybridized carbons (Fsp3) is 0.286. The molecule has 1 aromatic carbocycles. The van der Waals surface area contributed by atoms with E-state index < -0.39 is 0 Å². The van der Waals surface area contributed by atoms with Crippen molar-refractivity contribution in [1.82, 2.24) is 15.5 Å². The Labute approximate surface area is 116 Å². The van der Waals surface area contributed by atoms with Crippen LogP contribution < -0.4 is 10.1 Å². The van der Waals surface area contributed by atoms with E-state index in [1.807, 2.05) is 6.92 Å². The van der Waals surface area contributed by atoms with Gasteiger partial charge in [-0.1, -0.05) is 13.0 Å². The Morgan fingerprint density at radius 2 is 2.35 bits per heavy atom. The van der Waals surface area contributed by atoms with Crippen LogP contribution in [0.15, 0.2) is 36.5 Å². The number of ether oxygens (including phenoxy) is 1. The summed E-state index contributed by atoms with van der Waals surface area (Å²) in [4.78, 5) is 11.7. The zero-order chi connectivity index (χ0) is 14.4. The molecule has 2 rings (SSSR count). The zero-order valence-corrected chi connectivity index (χ0v) is 11.1. The lowest BCUT2D eigenvalue weighted by molar-refractivity contribution is 0.0921. The predicted octanol–water partition coefficient (Wildman–Crippen LogP) is 2.14. The van der Waals surface area contributed by atoms with E-state index in [1.165, 1.54) is 18.3 Å². The van der Waals surface area contributed by atoms with Gasteiger partial charge in [-0.15, -0.1) is 0 Å². The normalized spacial score (nSPS) is 11.9. The smallest absolute Gasteiger partial charge is 0.269 e. The summed E-state index contributed by atoms with van der Waals surface area (Å²) in [5, 5.41) is 9.03. The third-order valence-corrected chi connectivity index (χ3v) is 2.79. The van der Waals surface area contributed by atoms with E-state index in [0.717, 1.165) is 0 Å². The number of nitrogens with zero attached hydrogens (tertiary/aromatic N) is 1. The highest BCUT2D eigenvalue weighted by Crippen LogP contribution is 2.14. The summed E-state index contributed by atoms with van der Waals surface area (Å²) in [7, 11) is 0. The first-order chi connectivity index (χ1) is 9.69. The highest BCUT2D eigenvalue weighted by molar-refractivity contribution is 5.92. The van der Waals surface area contributed by atoms with Crippen molar-refractivity contribution in [2.75, 3.05) is 6.54 Å². The summed E-state index contributed by atoms with van der Waals surface area (Å²) in [6.07, 6.45) is 1.98. The van der Waals surface area contributed by atoms with Gasteiger partial charge in [0.05, 0.1) is 6.54 Å². The molecule has 0 spiro atoms. The van der Waals surface area contributed by atoms with E-state index >= 15 is 0 Å². The Hall–Kier alpha value is -2.37. The lowest BCUT2D eigenvalue weighted by Crippen LogP contribution is -2.35. The monoisotopic (exact) mass is 277 g/mol. The molecule has 1 aromatic heterocycles. The Kier molecular flexibility index (Phi) is 4.70. The molecule has 20 heavy (non-hydrogen) atoms. The van der Waals surface area contributed by atoms with Gasteiger partial charge >= 0.3 is 0 Å². The van der Waals surface area contributed by atoms with Crippen molar-refractivity contribution >= 4 is 5.91 Å². The predicted molar refractivity (Wildman–Crippen MR) is 72.0 cm³/mol. The average Bonchev–Trinajstić information content (AvgIpc) is 2.97. The summed E-state index contributed by atoms with van der Waals surface area (Å²) in [5.41, 5.74) is 0.394. The van der Waals surface area contributed by atoms with Crippen LogP contribution in [-0.4, -0.2) is 28.8 Å². The molecule has 6 heteroatoms. The van der Waals surface area contributed by atoms with Gasteiger partial charge in [-0.25, -0.2) is 4.39 Å². The maximum absolute atomic E-state index is 13.1. The molecule has 0 saturated carbocycles. The molecule has 0 bridgehead atoms. The molecule has 0 unspecified atom stereocenters. The van der Waals surface area contributed by atoms with E-state index in [0.29, 0.717) is 24.4 Å². The highest BCUT2D eigenvalue weighted by Gasteiger charge is 2.12. The van der Waals surface area contributed by atoms with E-state index in [4.69, 9.17) is 4.74 Å². The average molecular weight is 277 g/mol. The first kappa shape index (κ1) is 14.0. The minimum Gasteiger partial charge on any atom is -0.489 e. The maximum atomic E-state index is 13.1. The molecule has 1 heterocycles. The quantitative estimate of drug-likeness (QED) is 0.850. The number of rotatable bonds is 6. The van der Waals surface area contributed by atoms with Crippen molar-refractivity contribution in [2.45, 2.75) is 19.4 Å². The van der Waals surface area contributed by atoms with Crippen LogP contribution in [0.2, 0.25) is 0 Å². The molecule has 1 atom stereocenters. The summed E-state index contributed by atoms with van der Waals surface area (Å²) < 4.78 is 18.7. The molecule has 1 amide bonds. The first-order valence-electron chi connectivity index (χ1n) is 6.39. The number of benzene rings is 1. The topological polar surface area (TPSA) is 67.0 Å². The van der Waals surface area contributed by atoms with Crippen molar-refractivity contribution in [3.63, 3.8) is 0 Å². The molecule has 0 fully saturated rings. The van der Waals surface area contributed by atoms with Gasteiger partial charge in [0.2, 0.25) is 0 Å². The lowest BCUT2D eigenvalue weighted by atomic mass is 10.2. The summed E-state index contributed by atoms with van der Waals surface area (Å²) in [6.45, 7) is 2.27. The van der Waals surface area contributed by atoms with Gasteiger partial charge in [-0.05, 0) is 24.6 Å². The zero-order valence-electron chi connectivity index (χ0n) is 11.1. The molecule has 0 radical (unpaired) electrons. The second kappa shape index (κ2) is 6.70. The molecule has 5 nitrogen and oxygen atoms in total. The number of carbonyl (C=O) groups excluding carboxylic acids is 1. The number of H-pyrrole nitrogens is 1. The largest absolute Gasteiger partial charge is 0.489 e. The molecular formula is C14H16FN3O2. The Balaban J connectivity index is 1.88. The minimum absolute atomic E-state index is 0.219. The van der Waals surface area contributed by atoms with E-state index in [-0.39, 0.29) is 17.8 Å². The third-order valence-electron chi connectivity index (χ3n) is 2.79. The highest BCUT2D eigenvalue weighted by atomic mass is 19.1. The van der Waals surface area contributed by atoms with Crippen molar-refractivity contribution in [3.8, 4) is 5.75 Å². The second-order valence-corrected chi connectivity index (χ2v) is 4.29. The Bertz CT molecular complexity index is 557. The number of halogens is 1. The molecule has 0 aliphatic heterocycles. The van der Waals surface area contributed by atoms with Crippen LogP contribution in [0.4, 0.5) is 4.39 Å². The van der Waals surface area contributed by atoms with Gasteiger partial charge < -0.3 is 10.1 Å².